The maximum Gasteiger partial charge on any atom is 0.244 e. The van der Waals surface area contributed by atoms with Crippen molar-refractivity contribution in [2.24, 2.45) is 0 Å². The minimum Gasteiger partial charge on any atom is -0.383 e. The third kappa shape index (κ3) is 5.84. The summed E-state index contributed by atoms with van der Waals surface area (Å²) in [5, 5.41) is 2.77. The van der Waals surface area contributed by atoms with Crippen LogP contribution in [0.1, 0.15) is 27.0 Å². The van der Waals surface area contributed by atoms with Gasteiger partial charge in [-0.15, -0.1) is 0 Å². The van der Waals surface area contributed by atoms with Gasteiger partial charge < -0.3 is 11.1 Å². The van der Waals surface area contributed by atoms with Crippen molar-refractivity contribution in [1.29, 1.82) is 0 Å². The predicted octanol–water partition coefficient (Wildman–Crippen LogP) is 3.56. The Hall–Kier alpha value is -3.80. The predicted molar refractivity (Wildman–Crippen MR) is 110 cm³/mol. The highest BCUT2D eigenvalue weighted by Crippen LogP contribution is 2.13. The minimum atomic E-state index is -0.322. The first-order valence-corrected chi connectivity index (χ1v) is 9.04. The Kier molecular flexibility index (Phi) is 6.47. The van der Waals surface area contributed by atoms with Crippen molar-refractivity contribution in [3.8, 4) is 0 Å². The van der Waals surface area contributed by atoms with Crippen molar-refractivity contribution < 1.29 is 14.0 Å². The zero-order valence-corrected chi connectivity index (χ0v) is 15.6. The van der Waals surface area contributed by atoms with Crippen LogP contribution in [-0.2, 0) is 17.8 Å². The number of halogens is 1. The number of amides is 1. The van der Waals surface area contributed by atoms with Gasteiger partial charge in [-0.05, 0) is 35.4 Å². The van der Waals surface area contributed by atoms with E-state index in [4.69, 9.17) is 5.73 Å². The van der Waals surface area contributed by atoms with Crippen molar-refractivity contribution in [2.45, 2.75) is 13.0 Å². The molecule has 5 nitrogen and oxygen atoms in total. The van der Waals surface area contributed by atoms with Crippen molar-refractivity contribution in [2.75, 3.05) is 5.73 Å². The summed E-state index contributed by atoms with van der Waals surface area (Å²) in [7, 11) is 0. The fourth-order valence-electron chi connectivity index (χ4n) is 2.68. The molecule has 0 atom stereocenters. The van der Waals surface area contributed by atoms with Gasteiger partial charge in [0, 0.05) is 36.4 Å². The van der Waals surface area contributed by atoms with E-state index in [2.05, 4.69) is 10.3 Å². The molecule has 146 valence electrons. The Morgan fingerprint density at radius 2 is 1.76 bits per heavy atom. The first kappa shape index (κ1) is 19.9. The molecule has 0 bridgehead atoms. The summed E-state index contributed by atoms with van der Waals surface area (Å²) in [4.78, 5) is 28.3. The Balaban J connectivity index is 1.52. The van der Waals surface area contributed by atoms with Crippen LogP contribution >= 0.6 is 0 Å². The molecule has 1 heterocycles. The minimum absolute atomic E-state index is 0.0532. The van der Waals surface area contributed by atoms with Crippen molar-refractivity contribution >= 4 is 23.6 Å². The second kappa shape index (κ2) is 9.41. The maximum absolute atomic E-state index is 12.9. The van der Waals surface area contributed by atoms with Gasteiger partial charge in [0.05, 0.1) is 0 Å². The Morgan fingerprint density at radius 1 is 1.03 bits per heavy atom. The quantitative estimate of drug-likeness (QED) is 0.478. The smallest absolute Gasteiger partial charge is 0.244 e. The van der Waals surface area contributed by atoms with Crippen LogP contribution in [0.4, 0.5) is 10.2 Å². The van der Waals surface area contributed by atoms with Gasteiger partial charge in [-0.3, -0.25) is 9.59 Å². The maximum atomic E-state index is 12.9. The Bertz CT molecular complexity index is 1030. The molecule has 1 amide bonds. The van der Waals surface area contributed by atoms with Gasteiger partial charge in [-0.2, -0.15) is 0 Å². The number of pyridine rings is 1. The summed E-state index contributed by atoms with van der Waals surface area (Å²) in [6, 6.07) is 16.4. The van der Waals surface area contributed by atoms with E-state index in [9.17, 15) is 14.0 Å². The molecule has 0 fully saturated rings. The fourth-order valence-corrected chi connectivity index (χ4v) is 2.68. The number of nitrogens with zero attached hydrogens (tertiary/aromatic N) is 1. The number of carbonyl (C=O) groups is 2. The van der Waals surface area contributed by atoms with Crippen LogP contribution in [-0.4, -0.2) is 16.7 Å². The molecule has 6 heteroatoms. The second-order valence-electron chi connectivity index (χ2n) is 6.45. The summed E-state index contributed by atoms with van der Waals surface area (Å²) in [5.74, 6) is -0.282. The van der Waals surface area contributed by atoms with E-state index < -0.39 is 0 Å². The first-order valence-electron chi connectivity index (χ1n) is 9.04. The van der Waals surface area contributed by atoms with Crippen molar-refractivity contribution in [3.05, 3.63) is 101 Å². The monoisotopic (exact) mass is 389 g/mol. The summed E-state index contributed by atoms with van der Waals surface area (Å²) >= 11 is 0. The lowest BCUT2D eigenvalue weighted by Gasteiger charge is -2.06. The van der Waals surface area contributed by atoms with Gasteiger partial charge in [-0.25, -0.2) is 9.37 Å². The zero-order chi connectivity index (χ0) is 20.6. The molecule has 29 heavy (non-hydrogen) atoms. The van der Waals surface area contributed by atoms with Gasteiger partial charge in [0.25, 0.3) is 0 Å². The van der Waals surface area contributed by atoms with Crippen molar-refractivity contribution in [3.63, 3.8) is 0 Å². The molecule has 3 rings (SSSR count). The van der Waals surface area contributed by atoms with E-state index in [1.807, 2.05) is 0 Å². The number of nitrogen functional groups attached to an aromatic ring is 1. The highest BCUT2D eigenvalue weighted by atomic mass is 19.1. The number of benzene rings is 2. The summed E-state index contributed by atoms with van der Waals surface area (Å²) in [5.41, 5.74) is 8.65. The van der Waals surface area contributed by atoms with Crippen molar-refractivity contribution in [1.82, 2.24) is 10.3 Å². The van der Waals surface area contributed by atoms with E-state index in [-0.39, 0.29) is 23.9 Å². The molecule has 3 N–H and O–H groups in total. The molecule has 0 unspecified atom stereocenters. The van der Waals surface area contributed by atoms with Gasteiger partial charge >= 0.3 is 0 Å². The van der Waals surface area contributed by atoms with Gasteiger partial charge in [0.15, 0.2) is 5.78 Å². The molecule has 0 aliphatic carbocycles. The number of hydrogen-bond donors (Lipinski definition) is 2. The largest absolute Gasteiger partial charge is 0.383 e. The molecule has 2 aromatic carbocycles. The van der Waals surface area contributed by atoms with Gasteiger partial charge in [0.2, 0.25) is 5.91 Å². The molecular formula is C23H20FN3O2. The molecular weight excluding hydrogens is 369 g/mol. The topological polar surface area (TPSA) is 85.1 Å². The van der Waals surface area contributed by atoms with Crippen LogP contribution in [0.25, 0.3) is 6.08 Å². The number of rotatable bonds is 7. The van der Waals surface area contributed by atoms with Crippen LogP contribution in [0.5, 0.6) is 0 Å². The number of nitrogens with one attached hydrogen (secondary N) is 1. The number of Topliss-reactive ketones (excluding diaryl/α,β-unsaturated/α-hetero) is 1. The first-order chi connectivity index (χ1) is 14.0. The van der Waals surface area contributed by atoms with Crippen LogP contribution in [0.15, 0.2) is 72.9 Å². The molecule has 0 saturated heterocycles. The fraction of sp³-hybridized carbons (Fsp3) is 0.0870. The van der Waals surface area contributed by atoms with E-state index in [0.29, 0.717) is 23.5 Å². The van der Waals surface area contributed by atoms with Gasteiger partial charge in [-0.1, -0.05) is 42.5 Å². The molecule has 3 aromatic rings. The molecule has 1 aromatic heterocycles. The lowest BCUT2D eigenvalue weighted by Crippen LogP contribution is -2.20. The number of carbonyl (C=O) groups excluding carboxylic acids is 2. The van der Waals surface area contributed by atoms with Gasteiger partial charge in [0.1, 0.15) is 11.6 Å². The molecule has 0 radical (unpaired) electrons. The Morgan fingerprint density at radius 3 is 2.45 bits per heavy atom. The number of nitrogens with two attached hydrogens (primary N) is 1. The SMILES string of the molecule is Nc1ncccc1CC(=O)c1ccc(CNC(=O)/C=C/c2ccc(F)cc2)cc1. The average molecular weight is 389 g/mol. The number of ketones is 1. The average Bonchev–Trinajstić information content (AvgIpc) is 2.74. The third-order valence-corrected chi connectivity index (χ3v) is 4.32. The Labute approximate surface area is 168 Å². The van der Waals surface area contributed by atoms with E-state index >= 15 is 0 Å². The van der Waals surface area contributed by atoms with Crippen LogP contribution in [0, 0.1) is 5.82 Å². The lowest BCUT2D eigenvalue weighted by molar-refractivity contribution is -0.116. The third-order valence-electron chi connectivity index (χ3n) is 4.32. The lowest BCUT2D eigenvalue weighted by atomic mass is 10.0. The van der Waals surface area contributed by atoms with Crippen LogP contribution < -0.4 is 11.1 Å². The highest BCUT2D eigenvalue weighted by Gasteiger charge is 2.09. The molecule has 0 aliphatic rings. The highest BCUT2D eigenvalue weighted by molar-refractivity contribution is 5.98. The number of anilines is 1. The number of hydrogen-bond acceptors (Lipinski definition) is 4. The van der Waals surface area contributed by atoms with E-state index in [1.54, 1.807) is 60.8 Å². The van der Waals surface area contributed by atoms with E-state index in [0.717, 1.165) is 11.1 Å². The molecule has 0 spiro atoms. The summed E-state index contributed by atoms with van der Waals surface area (Å²) < 4.78 is 12.9. The van der Waals surface area contributed by atoms with Crippen LogP contribution in [0.3, 0.4) is 0 Å². The van der Waals surface area contributed by atoms with Crippen LogP contribution in [0.2, 0.25) is 0 Å². The molecule has 0 aliphatic heterocycles. The normalized spacial score (nSPS) is 10.8. The number of aromatic nitrogens is 1. The summed E-state index contributed by atoms with van der Waals surface area (Å²) in [6.45, 7) is 0.330. The second-order valence-corrected chi connectivity index (χ2v) is 6.45. The zero-order valence-electron chi connectivity index (χ0n) is 15.6. The van der Waals surface area contributed by atoms with E-state index in [1.165, 1.54) is 18.2 Å². The molecule has 0 saturated carbocycles. The standard InChI is InChI=1S/C23H20FN3O2/c24-20-10-5-16(6-11-20)7-12-22(29)27-15-17-3-8-18(9-4-17)21(28)14-19-2-1-13-26-23(19)25/h1-13H,14-15H2,(H2,25,26)(H,27,29)/b12-7+. The summed E-state index contributed by atoms with van der Waals surface area (Å²) in [6.07, 6.45) is 4.77.